The van der Waals surface area contributed by atoms with E-state index in [1.54, 1.807) is 11.0 Å². The van der Waals surface area contributed by atoms with Gasteiger partial charge in [0.15, 0.2) is 0 Å². The number of nitrogens with zero attached hydrogens (tertiary/aromatic N) is 2. The molecule has 1 saturated heterocycles. The molecular formula is C12H18N2O3. The van der Waals surface area contributed by atoms with Gasteiger partial charge in [0.1, 0.15) is 5.60 Å². The van der Waals surface area contributed by atoms with Gasteiger partial charge in [0.25, 0.3) is 0 Å². The molecule has 0 unspecified atom stereocenters. The van der Waals surface area contributed by atoms with Gasteiger partial charge in [-0.25, -0.2) is 9.59 Å². The van der Waals surface area contributed by atoms with Crippen molar-refractivity contribution in [3.05, 3.63) is 0 Å². The fraction of sp³-hybridized carbons (Fsp3) is 0.833. The maximum absolute atomic E-state index is 11.7. The summed E-state index contributed by atoms with van der Waals surface area (Å²) in [5.41, 5.74) is -0.666. The highest BCUT2D eigenvalue weighted by Gasteiger charge is 2.55. The molecule has 17 heavy (non-hydrogen) atoms. The normalized spacial score (nSPS) is 22.4. The summed E-state index contributed by atoms with van der Waals surface area (Å²) in [4.78, 5) is 27.5. The molecule has 94 valence electrons. The van der Waals surface area contributed by atoms with Gasteiger partial charge in [-0.3, -0.25) is 0 Å². The summed E-state index contributed by atoms with van der Waals surface area (Å²) >= 11 is 0. The van der Waals surface area contributed by atoms with E-state index in [9.17, 15) is 9.59 Å². The molecule has 1 saturated carbocycles. The Labute approximate surface area is 101 Å². The fourth-order valence-electron chi connectivity index (χ4n) is 2.12. The average molecular weight is 238 g/mol. The summed E-state index contributed by atoms with van der Waals surface area (Å²) in [6, 6.07) is 0. The van der Waals surface area contributed by atoms with Gasteiger partial charge in [-0.1, -0.05) is 0 Å². The molecule has 1 aliphatic carbocycles. The Balaban J connectivity index is 1.83. The van der Waals surface area contributed by atoms with E-state index in [1.165, 1.54) is 0 Å². The highest BCUT2D eigenvalue weighted by Crippen LogP contribution is 2.49. The highest BCUT2D eigenvalue weighted by atomic mass is 16.6. The maximum atomic E-state index is 11.7. The molecule has 1 aliphatic heterocycles. The first-order valence-corrected chi connectivity index (χ1v) is 5.93. The number of rotatable bonds is 2. The second-order valence-corrected chi connectivity index (χ2v) is 5.89. The minimum absolute atomic E-state index is 0.208. The first-order valence-electron chi connectivity index (χ1n) is 5.93. The number of hydrogen-bond acceptors (Lipinski definition) is 4. The Kier molecular flexibility index (Phi) is 2.74. The Morgan fingerprint density at radius 2 is 2.00 bits per heavy atom. The molecule has 0 radical (unpaired) electrons. The second kappa shape index (κ2) is 3.84. The van der Waals surface area contributed by atoms with E-state index in [0.717, 1.165) is 12.8 Å². The molecule has 0 N–H and O–H groups in total. The molecule has 0 spiro atoms. The van der Waals surface area contributed by atoms with Crippen molar-refractivity contribution in [3.8, 4) is 0 Å². The molecule has 5 nitrogen and oxygen atoms in total. The fourth-order valence-corrected chi connectivity index (χ4v) is 2.12. The van der Waals surface area contributed by atoms with Gasteiger partial charge >= 0.3 is 6.09 Å². The van der Waals surface area contributed by atoms with Gasteiger partial charge in [0.05, 0.1) is 5.54 Å². The van der Waals surface area contributed by atoms with Crippen LogP contribution in [-0.4, -0.2) is 41.3 Å². The number of ether oxygens (including phenoxy) is 1. The van der Waals surface area contributed by atoms with Crippen LogP contribution in [0, 0.1) is 5.92 Å². The zero-order valence-electron chi connectivity index (χ0n) is 10.5. The molecule has 0 bridgehead atoms. The van der Waals surface area contributed by atoms with Crippen LogP contribution in [0.25, 0.3) is 0 Å². The van der Waals surface area contributed by atoms with Crippen LogP contribution in [0.3, 0.4) is 0 Å². The van der Waals surface area contributed by atoms with E-state index in [0.29, 0.717) is 19.0 Å². The second-order valence-electron chi connectivity index (χ2n) is 5.89. The lowest BCUT2D eigenvalue weighted by Gasteiger charge is -2.42. The zero-order valence-corrected chi connectivity index (χ0v) is 10.5. The summed E-state index contributed by atoms with van der Waals surface area (Å²) in [7, 11) is 0. The van der Waals surface area contributed by atoms with Crippen LogP contribution in [-0.2, 0) is 9.53 Å². The minimum atomic E-state index is -0.458. The quantitative estimate of drug-likeness (QED) is 0.543. The van der Waals surface area contributed by atoms with Crippen molar-refractivity contribution < 1.29 is 14.3 Å². The third kappa shape index (κ3) is 2.50. The van der Waals surface area contributed by atoms with Crippen LogP contribution in [0.1, 0.15) is 33.6 Å². The lowest BCUT2D eigenvalue weighted by Crippen LogP contribution is -2.55. The SMILES string of the molecule is CC(C)(C)OC(=O)N1CC(C2(N=C=O)CC2)C1. The minimum Gasteiger partial charge on any atom is -0.444 e. The van der Waals surface area contributed by atoms with Crippen LogP contribution in [0.5, 0.6) is 0 Å². The standard InChI is InChI=1S/C12H18N2O3/c1-11(2,3)17-10(16)14-6-9(7-14)12(4-5-12)13-8-15/h9H,4-7H2,1-3H3. The molecule has 2 aliphatic rings. The van der Waals surface area contributed by atoms with Crippen molar-refractivity contribution in [2.24, 2.45) is 10.9 Å². The summed E-state index contributed by atoms with van der Waals surface area (Å²) in [5, 5.41) is 0. The molecule has 2 rings (SSSR count). The summed E-state index contributed by atoms with van der Waals surface area (Å²) < 4.78 is 5.26. The number of likely N-dealkylation sites (tertiary alicyclic amines) is 1. The van der Waals surface area contributed by atoms with Gasteiger partial charge < -0.3 is 9.64 Å². The summed E-state index contributed by atoms with van der Waals surface area (Å²) in [5.74, 6) is 0.302. The number of aliphatic imine (C=N–C) groups is 1. The van der Waals surface area contributed by atoms with Crippen LogP contribution in [0.15, 0.2) is 4.99 Å². The Morgan fingerprint density at radius 1 is 1.41 bits per heavy atom. The summed E-state index contributed by atoms with van der Waals surface area (Å²) in [6.45, 7) is 6.82. The monoisotopic (exact) mass is 238 g/mol. The van der Waals surface area contributed by atoms with Crippen molar-refractivity contribution in [2.45, 2.75) is 44.8 Å². The Bertz CT molecular complexity index is 370. The topological polar surface area (TPSA) is 59.0 Å². The zero-order chi connectivity index (χ0) is 12.7. The number of isocyanates is 1. The van der Waals surface area contributed by atoms with Crippen molar-refractivity contribution in [1.29, 1.82) is 0 Å². The van der Waals surface area contributed by atoms with Crippen molar-refractivity contribution >= 4 is 12.2 Å². The molecule has 1 amide bonds. The third-order valence-electron chi connectivity index (χ3n) is 3.32. The average Bonchev–Trinajstić information content (AvgIpc) is 2.79. The van der Waals surface area contributed by atoms with Gasteiger partial charge in [0, 0.05) is 19.0 Å². The lowest BCUT2D eigenvalue weighted by molar-refractivity contribution is -0.00609. The third-order valence-corrected chi connectivity index (χ3v) is 3.32. The molecule has 5 heteroatoms. The largest absolute Gasteiger partial charge is 0.444 e. The van der Waals surface area contributed by atoms with Crippen LogP contribution >= 0.6 is 0 Å². The van der Waals surface area contributed by atoms with Crippen LogP contribution in [0.2, 0.25) is 0 Å². The van der Waals surface area contributed by atoms with E-state index < -0.39 is 5.60 Å². The van der Waals surface area contributed by atoms with E-state index >= 15 is 0 Å². The number of carbonyl (C=O) groups is 1. The van der Waals surface area contributed by atoms with E-state index in [2.05, 4.69) is 4.99 Å². The predicted octanol–water partition coefficient (Wildman–Crippen LogP) is 1.72. The molecular weight excluding hydrogens is 220 g/mol. The van der Waals surface area contributed by atoms with Crippen LogP contribution < -0.4 is 0 Å². The Morgan fingerprint density at radius 3 is 2.41 bits per heavy atom. The van der Waals surface area contributed by atoms with Gasteiger partial charge in [-0.05, 0) is 33.6 Å². The molecule has 0 aromatic heterocycles. The van der Waals surface area contributed by atoms with Gasteiger partial charge in [0.2, 0.25) is 6.08 Å². The van der Waals surface area contributed by atoms with Gasteiger partial charge in [-0.2, -0.15) is 4.99 Å². The smallest absolute Gasteiger partial charge is 0.410 e. The number of hydrogen-bond donors (Lipinski definition) is 0. The summed E-state index contributed by atoms with van der Waals surface area (Å²) in [6.07, 6.45) is 3.24. The van der Waals surface area contributed by atoms with E-state index in [-0.39, 0.29) is 11.6 Å². The van der Waals surface area contributed by atoms with Crippen molar-refractivity contribution in [2.75, 3.05) is 13.1 Å². The number of carbonyl (C=O) groups excluding carboxylic acids is 2. The van der Waals surface area contributed by atoms with E-state index in [4.69, 9.17) is 4.74 Å². The lowest BCUT2D eigenvalue weighted by atomic mass is 9.90. The molecule has 0 aromatic rings. The maximum Gasteiger partial charge on any atom is 0.410 e. The molecule has 0 atom stereocenters. The molecule has 1 heterocycles. The highest BCUT2D eigenvalue weighted by molar-refractivity contribution is 5.69. The number of amides is 1. The molecule has 0 aromatic carbocycles. The van der Waals surface area contributed by atoms with Crippen molar-refractivity contribution in [1.82, 2.24) is 4.90 Å². The van der Waals surface area contributed by atoms with Crippen molar-refractivity contribution in [3.63, 3.8) is 0 Å². The predicted molar refractivity (Wildman–Crippen MR) is 61.4 cm³/mol. The van der Waals surface area contributed by atoms with Crippen LogP contribution in [0.4, 0.5) is 4.79 Å². The Hall–Kier alpha value is -1.35. The van der Waals surface area contributed by atoms with E-state index in [1.807, 2.05) is 20.8 Å². The first kappa shape index (κ1) is 12.1. The van der Waals surface area contributed by atoms with Gasteiger partial charge in [-0.15, -0.1) is 0 Å². The molecule has 2 fully saturated rings. The first-order chi connectivity index (χ1) is 7.86.